The standard InChI is InChI=1S/C18H18F6N4O3.C15H14F6N4O.C3H5ClO2.CH4/c1-2-30-16(29)28-15(9-13(26-28)18(22,23)24)31-12-5-7-27(8-6-12)14-4-3-11(10-25-14)17(19,20)21;16-14(17,18)9-1-2-12(22-8-9)25-5-3-10(4-6-25)26-13-7-11(23-24-13)15(19,20)21;1-2-6-3(4)5;/h3-4,9-10,12H,2,5-8H2,1H3;1-2,7-8,10H,3-6H2,(H,23,24);2H2,1H3;1H4. The largest absolute Gasteiger partial charge is 0.474 e. The van der Waals surface area contributed by atoms with Gasteiger partial charge in [-0.25, -0.2) is 19.6 Å². The number of nitrogens with one attached hydrogen (secondary N) is 1. The number of pyridine rings is 2. The van der Waals surface area contributed by atoms with Crippen LogP contribution in [0, 0.1) is 0 Å². The lowest BCUT2D eigenvalue weighted by atomic mass is 10.1. The van der Waals surface area contributed by atoms with E-state index in [0.29, 0.717) is 80.9 Å². The second-order valence-electron chi connectivity index (χ2n) is 13.2. The molecule has 2 aliphatic rings. The number of alkyl halides is 12. The lowest BCUT2D eigenvalue weighted by molar-refractivity contribution is -0.142. The highest BCUT2D eigenvalue weighted by Gasteiger charge is 2.38. The first-order valence-corrected chi connectivity index (χ1v) is 19.0. The van der Waals surface area contributed by atoms with Crippen molar-refractivity contribution in [3.63, 3.8) is 0 Å². The fraction of sp³-hybridized carbons (Fsp3) is 0.514. The molecule has 0 atom stereocenters. The Labute approximate surface area is 361 Å². The van der Waals surface area contributed by atoms with E-state index >= 15 is 0 Å². The minimum Gasteiger partial charge on any atom is -0.474 e. The molecule has 356 valence electrons. The highest BCUT2D eigenvalue weighted by Crippen LogP contribution is 2.34. The number of hydrogen-bond acceptors (Lipinski definition) is 12. The predicted molar refractivity (Wildman–Crippen MR) is 203 cm³/mol. The highest BCUT2D eigenvalue weighted by atomic mass is 35.5. The number of rotatable bonds is 8. The van der Waals surface area contributed by atoms with Gasteiger partial charge in [-0.1, -0.05) is 7.43 Å². The van der Waals surface area contributed by atoms with Gasteiger partial charge in [0.25, 0.3) is 0 Å². The van der Waals surface area contributed by atoms with Crippen molar-refractivity contribution >= 4 is 34.8 Å². The zero-order valence-corrected chi connectivity index (χ0v) is 33.6. The Hall–Kier alpha value is -5.69. The summed E-state index contributed by atoms with van der Waals surface area (Å²) in [4.78, 5) is 32.7. The number of carbonyl (C=O) groups is 2. The molecule has 0 unspecified atom stereocenters. The molecule has 0 radical (unpaired) electrons. The summed E-state index contributed by atoms with van der Waals surface area (Å²) in [6, 6.07) is 5.88. The monoisotopic (exact) mass is 956 g/mol. The summed E-state index contributed by atoms with van der Waals surface area (Å²) in [5, 5.41) is 8.60. The van der Waals surface area contributed by atoms with Crippen molar-refractivity contribution in [3.8, 4) is 11.8 Å². The van der Waals surface area contributed by atoms with Gasteiger partial charge in [0.1, 0.15) is 29.5 Å². The number of piperidine rings is 2. The Bertz CT molecular complexity index is 2060. The molecule has 4 aromatic rings. The number of halogens is 13. The van der Waals surface area contributed by atoms with E-state index < -0.39 is 70.7 Å². The summed E-state index contributed by atoms with van der Waals surface area (Å²) in [6.07, 6.45) is -17.0. The minimum absolute atomic E-state index is 0. The fourth-order valence-electron chi connectivity index (χ4n) is 5.75. The Balaban J connectivity index is 0.000000301. The van der Waals surface area contributed by atoms with Crippen molar-refractivity contribution in [2.45, 2.75) is 83.9 Å². The number of H-pyrrole nitrogens is 1. The quantitative estimate of drug-likeness (QED) is 0.132. The number of aromatic amines is 1. The average Bonchev–Trinajstić information content (AvgIpc) is 3.87. The maximum absolute atomic E-state index is 13.0. The number of carbonyl (C=O) groups excluding carboxylic acids is 2. The molecule has 0 bridgehead atoms. The molecule has 14 nitrogen and oxygen atoms in total. The molecule has 0 aromatic carbocycles. The average molecular weight is 957 g/mol. The first-order chi connectivity index (χ1) is 29.4. The summed E-state index contributed by atoms with van der Waals surface area (Å²) in [5.74, 6) is 0.235. The lowest BCUT2D eigenvalue weighted by Gasteiger charge is -2.32. The van der Waals surface area contributed by atoms with Gasteiger partial charge in [0.15, 0.2) is 5.69 Å². The van der Waals surface area contributed by atoms with Gasteiger partial charge in [0.05, 0.1) is 24.3 Å². The van der Waals surface area contributed by atoms with Crippen molar-refractivity contribution in [2.24, 2.45) is 0 Å². The van der Waals surface area contributed by atoms with Gasteiger partial charge in [-0.2, -0.15) is 57.8 Å². The molecule has 0 saturated carbocycles. The number of aromatic nitrogens is 6. The third kappa shape index (κ3) is 15.5. The van der Waals surface area contributed by atoms with Crippen LogP contribution in [0.2, 0.25) is 0 Å². The van der Waals surface area contributed by atoms with Gasteiger partial charge in [0, 0.05) is 88.0 Å². The maximum Gasteiger partial charge on any atom is 0.437 e. The van der Waals surface area contributed by atoms with Gasteiger partial charge in [-0.05, 0) is 38.1 Å². The third-order valence-corrected chi connectivity index (χ3v) is 8.89. The van der Waals surface area contributed by atoms with Crippen LogP contribution in [0.4, 0.5) is 73.9 Å². The van der Waals surface area contributed by atoms with Crippen molar-refractivity contribution < 1.29 is 81.2 Å². The van der Waals surface area contributed by atoms with Crippen LogP contribution in [0.25, 0.3) is 0 Å². The molecular weight excluding hydrogens is 916 g/mol. The maximum atomic E-state index is 13.0. The molecule has 1 N–H and O–H groups in total. The first-order valence-electron chi connectivity index (χ1n) is 18.6. The topological polar surface area (TPSA) is 150 Å². The van der Waals surface area contributed by atoms with Crippen LogP contribution in [-0.2, 0) is 34.2 Å². The SMILES string of the molecule is C.CCOC(=O)Cl.CCOC(=O)n1nc(C(F)(F)F)cc1OC1CCN(c2ccc(C(F)(F)F)cn2)CC1.FC(F)(F)c1ccc(N2CCC(Oc3cc(C(F)(F)F)[nH]n3)CC2)nc1. The molecule has 4 aromatic heterocycles. The molecule has 6 heterocycles. The second kappa shape index (κ2) is 22.3. The highest BCUT2D eigenvalue weighted by molar-refractivity contribution is 6.61. The zero-order chi connectivity index (χ0) is 46.8. The molecule has 0 spiro atoms. The number of anilines is 2. The number of hydrogen-bond donors (Lipinski definition) is 1. The van der Waals surface area contributed by atoms with Crippen molar-refractivity contribution in [3.05, 3.63) is 71.3 Å². The summed E-state index contributed by atoms with van der Waals surface area (Å²) in [6.45, 7) is 5.10. The predicted octanol–water partition coefficient (Wildman–Crippen LogP) is 10.3. The van der Waals surface area contributed by atoms with E-state index in [1.54, 1.807) is 16.7 Å². The Kier molecular flexibility index (Phi) is 18.3. The van der Waals surface area contributed by atoms with Gasteiger partial charge in [-0.3, -0.25) is 5.10 Å². The summed E-state index contributed by atoms with van der Waals surface area (Å²) in [5.41, 5.74) is -4.70. The van der Waals surface area contributed by atoms with Crippen molar-refractivity contribution in [1.82, 2.24) is 29.9 Å². The lowest BCUT2D eigenvalue weighted by Crippen LogP contribution is -2.39. The normalized spacial score (nSPS) is 15.2. The van der Waals surface area contributed by atoms with E-state index in [4.69, 9.17) is 25.8 Å². The minimum atomic E-state index is -4.77. The van der Waals surface area contributed by atoms with Crippen LogP contribution in [0.15, 0.2) is 48.8 Å². The van der Waals surface area contributed by atoms with E-state index in [1.165, 1.54) is 19.1 Å². The van der Waals surface area contributed by atoms with Crippen LogP contribution < -0.4 is 19.3 Å². The smallest absolute Gasteiger partial charge is 0.437 e. The van der Waals surface area contributed by atoms with E-state index in [1.807, 2.05) is 5.10 Å². The summed E-state index contributed by atoms with van der Waals surface area (Å²) >= 11 is 4.72. The molecule has 2 fully saturated rings. The van der Waals surface area contributed by atoms with Crippen LogP contribution in [-0.4, -0.2) is 93.1 Å². The van der Waals surface area contributed by atoms with Crippen LogP contribution in [0.3, 0.4) is 0 Å². The molecular formula is C37H41ClF12N8O6. The Morgan fingerprint density at radius 1 is 0.688 bits per heavy atom. The summed E-state index contributed by atoms with van der Waals surface area (Å²) < 4.78 is 172. The van der Waals surface area contributed by atoms with E-state index in [0.717, 1.165) is 30.6 Å². The van der Waals surface area contributed by atoms with Crippen molar-refractivity contribution in [1.29, 1.82) is 0 Å². The zero-order valence-electron chi connectivity index (χ0n) is 32.8. The number of ether oxygens (including phenoxy) is 4. The van der Waals surface area contributed by atoms with Crippen LogP contribution in [0.1, 0.15) is 69.5 Å². The van der Waals surface area contributed by atoms with E-state index in [-0.39, 0.29) is 26.0 Å². The van der Waals surface area contributed by atoms with Gasteiger partial charge in [0.2, 0.25) is 11.8 Å². The molecule has 6 rings (SSSR count). The molecule has 0 aliphatic carbocycles. The van der Waals surface area contributed by atoms with E-state index in [9.17, 15) is 62.3 Å². The van der Waals surface area contributed by atoms with Crippen LogP contribution in [0.5, 0.6) is 11.8 Å². The Morgan fingerprint density at radius 3 is 1.50 bits per heavy atom. The molecule has 0 amide bonds. The third-order valence-electron chi connectivity index (χ3n) is 8.78. The second-order valence-corrected chi connectivity index (χ2v) is 13.5. The van der Waals surface area contributed by atoms with Crippen molar-refractivity contribution in [2.75, 3.05) is 49.2 Å². The van der Waals surface area contributed by atoms with Crippen LogP contribution >= 0.6 is 11.6 Å². The number of nitrogens with zero attached hydrogens (tertiary/aromatic N) is 7. The first kappa shape index (κ1) is 52.7. The molecule has 64 heavy (non-hydrogen) atoms. The fourth-order valence-corrected chi connectivity index (χ4v) is 5.86. The summed E-state index contributed by atoms with van der Waals surface area (Å²) in [7, 11) is 0. The van der Waals surface area contributed by atoms with Gasteiger partial charge in [-0.15, -0.1) is 9.78 Å². The van der Waals surface area contributed by atoms with E-state index in [2.05, 4.69) is 24.9 Å². The van der Waals surface area contributed by atoms with Gasteiger partial charge < -0.3 is 28.7 Å². The molecule has 27 heteroatoms. The molecule has 2 aliphatic heterocycles. The molecule has 2 saturated heterocycles. The van der Waals surface area contributed by atoms with Gasteiger partial charge >= 0.3 is 36.2 Å². The Morgan fingerprint density at radius 2 is 1.16 bits per heavy atom.